The van der Waals surface area contributed by atoms with Crippen LogP contribution in [0, 0.1) is 31.5 Å². The average Bonchev–Trinajstić information content (AvgIpc) is 3.37. The highest BCUT2D eigenvalue weighted by Gasteiger charge is 2.46. The Kier molecular flexibility index (Phi) is 4.73. The Morgan fingerprint density at radius 3 is 2.37 bits per heavy atom. The largest absolute Gasteiger partial charge is 0.416 e. The minimum absolute atomic E-state index is 0.108. The Balaban J connectivity index is 1.82. The number of carbonyl (C=O) groups is 1. The van der Waals surface area contributed by atoms with Gasteiger partial charge in [-0.2, -0.15) is 13.2 Å². The maximum Gasteiger partial charge on any atom is 0.416 e. The Morgan fingerprint density at radius 2 is 1.78 bits per heavy atom. The molecule has 140 valence electrons. The Morgan fingerprint density at radius 1 is 1.07 bits per heavy atom. The first-order chi connectivity index (χ1) is 12.6. The molecule has 0 aliphatic heterocycles. The van der Waals surface area contributed by atoms with Gasteiger partial charge >= 0.3 is 6.18 Å². The predicted molar refractivity (Wildman–Crippen MR) is 94.6 cm³/mol. The number of amides is 1. The van der Waals surface area contributed by atoms with Crippen LogP contribution in [0.5, 0.6) is 0 Å². The summed E-state index contributed by atoms with van der Waals surface area (Å²) in [7, 11) is 0. The molecule has 1 aliphatic carbocycles. The molecule has 6 heteroatoms. The first-order valence-electron chi connectivity index (χ1n) is 8.39. The normalized spacial score (nSPS) is 14.9. The van der Waals surface area contributed by atoms with Crippen LogP contribution in [0.1, 0.15) is 35.1 Å². The molecular formula is C21H17F4NO. The third-order valence-electron chi connectivity index (χ3n) is 4.74. The fourth-order valence-electron chi connectivity index (χ4n) is 2.81. The van der Waals surface area contributed by atoms with Gasteiger partial charge in [-0.25, -0.2) is 4.39 Å². The molecule has 0 heterocycles. The van der Waals surface area contributed by atoms with Crippen molar-refractivity contribution >= 4 is 11.6 Å². The zero-order valence-corrected chi connectivity index (χ0v) is 14.8. The lowest BCUT2D eigenvalue weighted by atomic mass is 9.94. The Bertz CT molecular complexity index is 962. The Hall–Kier alpha value is -2.81. The molecule has 0 saturated heterocycles. The van der Waals surface area contributed by atoms with E-state index in [-0.39, 0.29) is 5.56 Å². The molecule has 1 aliphatic rings. The maximum absolute atomic E-state index is 14.1. The molecule has 2 aromatic carbocycles. The van der Waals surface area contributed by atoms with Gasteiger partial charge in [-0.15, -0.1) is 0 Å². The molecule has 2 nitrogen and oxygen atoms in total. The summed E-state index contributed by atoms with van der Waals surface area (Å²) in [6.45, 7) is 3.85. The first kappa shape index (κ1) is 19.0. The molecule has 1 saturated carbocycles. The second-order valence-electron chi connectivity index (χ2n) is 6.78. The van der Waals surface area contributed by atoms with Crippen LogP contribution >= 0.6 is 0 Å². The van der Waals surface area contributed by atoms with Crippen molar-refractivity contribution in [2.24, 2.45) is 0 Å². The molecule has 0 atom stereocenters. The molecule has 0 bridgehead atoms. The fraction of sp³-hybridized carbons (Fsp3) is 0.286. The molecule has 0 unspecified atom stereocenters. The summed E-state index contributed by atoms with van der Waals surface area (Å²) < 4.78 is 52.8. The van der Waals surface area contributed by atoms with E-state index >= 15 is 0 Å². The molecule has 1 fully saturated rings. The van der Waals surface area contributed by atoms with Gasteiger partial charge in [0, 0.05) is 11.3 Å². The maximum atomic E-state index is 14.1. The van der Waals surface area contributed by atoms with Crippen LogP contribution in [0.25, 0.3) is 0 Å². The number of carbonyl (C=O) groups excluding carboxylic acids is 1. The highest BCUT2D eigenvalue weighted by molar-refractivity contribution is 6.04. The first-order valence-corrected chi connectivity index (χ1v) is 8.39. The van der Waals surface area contributed by atoms with Gasteiger partial charge in [-0.05, 0) is 74.1 Å². The molecule has 1 amide bonds. The minimum atomic E-state index is -4.56. The Labute approximate surface area is 154 Å². The number of alkyl halides is 3. The summed E-state index contributed by atoms with van der Waals surface area (Å²) in [4.78, 5) is 12.1. The summed E-state index contributed by atoms with van der Waals surface area (Å²) in [6, 6.07) is 7.69. The highest BCUT2D eigenvalue weighted by Crippen LogP contribution is 2.49. The lowest BCUT2D eigenvalue weighted by Crippen LogP contribution is -2.13. The molecule has 2 aromatic rings. The second-order valence-corrected chi connectivity index (χ2v) is 6.78. The number of benzene rings is 2. The van der Waals surface area contributed by atoms with E-state index in [0.717, 1.165) is 23.3 Å². The summed E-state index contributed by atoms with van der Waals surface area (Å²) in [6.07, 6.45) is -3.74. The molecule has 0 radical (unpaired) electrons. The zero-order valence-electron chi connectivity index (χ0n) is 14.8. The number of rotatable bonds is 2. The van der Waals surface area contributed by atoms with Crippen LogP contribution in [-0.4, -0.2) is 5.91 Å². The van der Waals surface area contributed by atoms with Crippen LogP contribution in [0.15, 0.2) is 36.4 Å². The predicted octanol–water partition coefficient (Wildman–Crippen LogP) is 5.14. The van der Waals surface area contributed by atoms with Crippen molar-refractivity contribution in [1.82, 2.24) is 0 Å². The lowest BCUT2D eigenvalue weighted by Gasteiger charge is -2.13. The SMILES string of the molecule is Cc1ccc(NC(=O)C#CC2(c3cc(C(F)(F)F)ccc3F)CC2)cc1C. The van der Waals surface area contributed by atoms with Crippen molar-refractivity contribution in [2.75, 3.05) is 5.32 Å². The average molecular weight is 375 g/mol. The smallest absolute Gasteiger partial charge is 0.315 e. The topological polar surface area (TPSA) is 29.1 Å². The van der Waals surface area contributed by atoms with Crippen molar-refractivity contribution in [3.8, 4) is 11.8 Å². The summed E-state index contributed by atoms with van der Waals surface area (Å²) in [5, 5.41) is 2.63. The van der Waals surface area contributed by atoms with Gasteiger partial charge in [0.15, 0.2) is 0 Å². The number of hydrogen-bond donors (Lipinski definition) is 1. The molecule has 0 aromatic heterocycles. The molecule has 1 N–H and O–H groups in total. The van der Waals surface area contributed by atoms with Gasteiger partial charge in [-0.3, -0.25) is 4.79 Å². The van der Waals surface area contributed by atoms with Crippen LogP contribution < -0.4 is 5.32 Å². The molecule has 27 heavy (non-hydrogen) atoms. The minimum Gasteiger partial charge on any atom is -0.315 e. The quantitative estimate of drug-likeness (QED) is 0.572. The second kappa shape index (κ2) is 6.73. The van der Waals surface area contributed by atoms with E-state index in [0.29, 0.717) is 24.6 Å². The number of anilines is 1. The third kappa shape index (κ3) is 4.13. The van der Waals surface area contributed by atoms with Gasteiger partial charge in [0.05, 0.1) is 11.0 Å². The van der Waals surface area contributed by atoms with Crippen molar-refractivity contribution in [1.29, 1.82) is 0 Å². The molecular weight excluding hydrogens is 358 g/mol. The molecule has 3 rings (SSSR count). The van der Waals surface area contributed by atoms with E-state index in [1.807, 2.05) is 19.9 Å². The molecule has 0 spiro atoms. The summed E-state index contributed by atoms with van der Waals surface area (Å²) in [5.41, 5.74) is 0.593. The van der Waals surface area contributed by atoms with Crippen LogP contribution in [0.2, 0.25) is 0 Å². The van der Waals surface area contributed by atoms with Crippen molar-refractivity contribution < 1.29 is 22.4 Å². The van der Waals surface area contributed by atoms with E-state index in [4.69, 9.17) is 0 Å². The lowest BCUT2D eigenvalue weighted by molar-refractivity contribution is -0.137. The zero-order chi connectivity index (χ0) is 19.8. The van der Waals surface area contributed by atoms with Gasteiger partial charge in [0.1, 0.15) is 5.82 Å². The van der Waals surface area contributed by atoms with Crippen LogP contribution in [-0.2, 0) is 16.4 Å². The monoisotopic (exact) mass is 375 g/mol. The van der Waals surface area contributed by atoms with Crippen molar-refractivity contribution in [3.63, 3.8) is 0 Å². The number of halogens is 4. The van der Waals surface area contributed by atoms with E-state index in [1.165, 1.54) is 0 Å². The van der Waals surface area contributed by atoms with Gasteiger partial charge in [-0.1, -0.05) is 12.0 Å². The fourth-order valence-corrected chi connectivity index (χ4v) is 2.81. The summed E-state index contributed by atoms with van der Waals surface area (Å²) in [5.74, 6) is 3.75. The van der Waals surface area contributed by atoms with Crippen LogP contribution in [0.3, 0.4) is 0 Å². The number of nitrogens with one attached hydrogen (secondary N) is 1. The van der Waals surface area contributed by atoms with E-state index < -0.39 is 28.9 Å². The van der Waals surface area contributed by atoms with E-state index in [1.54, 1.807) is 12.1 Å². The van der Waals surface area contributed by atoms with Crippen molar-refractivity contribution in [2.45, 2.75) is 38.3 Å². The highest BCUT2D eigenvalue weighted by atomic mass is 19.4. The van der Waals surface area contributed by atoms with E-state index in [9.17, 15) is 22.4 Å². The van der Waals surface area contributed by atoms with E-state index in [2.05, 4.69) is 17.2 Å². The third-order valence-corrected chi connectivity index (χ3v) is 4.74. The number of aryl methyl sites for hydroxylation is 2. The number of hydrogen-bond acceptors (Lipinski definition) is 1. The van der Waals surface area contributed by atoms with Gasteiger partial charge < -0.3 is 5.32 Å². The summed E-state index contributed by atoms with van der Waals surface area (Å²) >= 11 is 0. The van der Waals surface area contributed by atoms with Gasteiger partial charge in [0.2, 0.25) is 0 Å². The van der Waals surface area contributed by atoms with Gasteiger partial charge in [0.25, 0.3) is 5.91 Å². The standard InChI is InChI=1S/C21H17F4NO/c1-13-3-5-16(11-14(13)2)26-19(27)7-8-20(9-10-20)17-12-15(21(23,24)25)4-6-18(17)22/h3-6,11-12H,9-10H2,1-2H3,(H,26,27). The van der Waals surface area contributed by atoms with Crippen LogP contribution in [0.4, 0.5) is 23.2 Å². The van der Waals surface area contributed by atoms with Crippen molar-refractivity contribution in [3.05, 3.63) is 64.5 Å².